The highest BCUT2D eigenvalue weighted by Gasteiger charge is 2.38. The third-order valence-electron chi connectivity index (χ3n) is 2.09. The predicted molar refractivity (Wildman–Crippen MR) is 44.3 cm³/mol. The molecule has 0 amide bonds. The highest BCUT2D eigenvalue weighted by atomic mass is 19.4. The van der Waals surface area contributed by atoms with Gasteiger partial charge in [0.05, 0.1) is 26.9 Å². The van der Waals surface area contributed by atoms with Crippen LogP contribution in [0.25, 0.3) is 0 Å². The van der Waals surface area contributed by atoms with Crippen molar-refractivity contribution >= 4 is 5.97 Å². The van der Waals surface area contributed by atoms with Crippen LogP contribution in [0.4, 0.5) is 13.2 Å². The molecule has 1 saturated heterocycles. The van der Waals surface area contributed by atoms with E-state index in [4.69, 9.17) is 4.74 Å². The molecule has 0 aromatic carbocycles. The Morgan fingerprint density at radius 2 is 2.27 bits per heavy atom. The van der Waals surface area contributed by atoms with Gasteiger partial charge in [-0.3, -0.25) is 9.69 Å². The number of carbonyl (C=O) groups excluding carboxylic acids is 1. The molecule has 15 heavy (non-hydrogen) atoms. The molecule has 88 valence electrons. The molecule has 1 rings (SSSR count). The zero-order valence-electron chi connectivity index (χ0n) is 8.21. The van der Waals surface area contributed by atoms with Crippen molar-refractivity contribution in [2.45, 2.75) is 12.2 Å². The number of alkyl halides is 3. The maximum absolute atomic E-state index is 12.1. The van der Waals surface area contributed by atoms with Crippen molar-refractivity contribution in [3.05, 3.63) is 0 Å². The maximum atomic E-state index is 12.1. The molecule has 0 N–H and O–H groups in total. The largest absolute Gasteiger partial charge is 0.468 e. The first-order chi connectivity index (χ1) is 6.94. The van der Waals surface area contributed by atoms with Crippen molar-refractivity contribution in [1.29, 1.82) is 0 Å². The van der Waals surface area contributed by atoms with E-state index in [1.165, 1.54) is 0 Å². The number of methoxy groups -OCH3 is 1. The van der Waals surface area contributed by atoms with Gasteiger partial charge in [0, 0.05) is 6.54 Å². The van der Waals surface area contributed by atoms with Crippen molar-refractivity contribution in [3.8, 4) is 0 Å². The van der Waals surface area contributed by atoms with Gasteiger partial charge in [-0.25, -0.2) is 0 Å². The molecule has 1 atom stereocenters. The van der Waals surface area contributed by atoms with Crippen LogP contribution in [-0.4, -0.2) is 56.5 Å². The van der Waals surface area contributed by atoms with Gasteiger partial charge in [-0.05, 0) is 0 Å². The van der Waals surface area contributed by atoms with E-state index >= 15 is 0 Å². The number of ether oxygens (including phenoxy) is 2. The summed E-state index contributed by atoms with van der Waals surface area (Å²) in [6, 6.07) is -0.953. The first-order valence-corrected chi connectivity index (χ1v) is 4.40. The van der Waals surface area contributed by atoms with Gasteiger partial charge in [0.25, 0.3) is 0 Å². The van der Waals surface area contributed by atoms with E-state index in [1.807, 2.05) is 0 Å². The number of rotatable bonds is 2. The summed E-state index contributed by atoms with van der Waals surface area (Å²) in [5.41, 5.74) is 0. The molecule has 0 aromatic heterocycles. The fourth-order valence-electron chi connectivity index (χ4n) is 1.41. The predicted octanol–water partition coefficient (Wildman–Crippen LogP) is 0.422. The van der Waals surface area contributed by atoms with Crippen LogP contribution in [0, 0.1) is 0 Å². The Hall–Kier alpha value is -0.820. The summed E-state index contributed by atoms with van der Waals surface area (Å²) in [6.07, 6.45) is -4.32. The number of nitrogens with zero attached hydrogens (tertiary/aromatic N) is 1. The quantitative estimate of drug-likeness (QED) is 0.641. The molecule has 1 aliphatic rings. The molecule has 0 unspecified atom stereocenters. The van der Waals surface area contributed by atoms with E-state index < -0.39 is 24.7 Å². The summed E-state index contributed by atoms with van der Waals surface area (Å²) in [6.45, 7) is -0.887. The Morgan fingerprint density at radius 3 is 2.80 bits per heavy atom. The van der Waals surface area contributed by atoms with Gasteiger partial charge in [-0.1, -0.05) is 0 Å². The second-order valence-electron chi connectivity index (χ2n) is 3.20. The van der Waals surface area contributed by atoms with Crippen LogP contribution in [0.3, 0.4) is 0 Å². The first kappa shape index (κ1) is 12.3. The summed E-state index contributed by atoms with van der Waals surface area (Å²) >= 11 is 0. The maximum Gasteiger partial charge on any atom is 0.401 e. The Kier molecular flexibility index (Phi) is 3.92. The molecule has 0 aliphatic carbocycles. The molecule has 0 bridgehead atoms. The fraction of sp³-hybridized carbons (Fsp3) is 0.875. The Labute approximate surface area is 84.9 Å². The van der Waals surface area contributed by atoms with Crippen molar-refractivity contribution in [2.75, 3.05) is 33.4 Å². The third-order valence-corrected chi connectivity index (χ3v) is 2.09. The van der Waals surface area contributed by atoms with Gasteiger partial charge in [0.2, 0.25) is 0 Å². The van der Waals surface area contributed by atoms with E-state index in [0.717, 1.165) is 12.0 Å². The number of morpholine rings is 1. The van der Waals surface area contributed by atoms with Gasteiger partial charge in [-0.15, -0.1) is 0 Å². The van der Waals surface area contributed by atoms with Gasteiger partial charge in [0.15, 0.2) is 0 Å². The lowest BCUT2D eigenvalue weighted by molar-refractivity contribution is -0.175. The summed E-state index contributed by atoms with van der Waals surface area (Å²) in [7, 11) is 1.14. The lowest BCUT2D eigenvalue weighted by atomic mass is 10.2. The zero-order chi connectivity index (χ0) is 11.5. The van der Waals surface area contributed by atoms with Crippen LogP contribution in [-0.2, 0) is 14.3 Å². The molecule has 4 nitrogen and oxygen atoms in total. The highest BCUT2D eigenvalue weighted by molar-refractivity contribution is 5.75. The molecule has 7 heteroatoms. The van der Waals surface area contributed by atoms with E-state index in [-0.39, 0.29) is 19.8 Å². The van der Waals surface area contributed by atoms with Gasteiger partial charge >= 0.3 is 12.1 Å². The summed E-state index contributed by atoms with van der Waals surface area (Å²) in [4.78, 5) is 12.2. The van der Waals surface area contributed by atoms with E-state index in [0.29, 0.717) is 0 Å². The molecule has 1 fully saturated rings. The topological polar surface area (TPSA) is 38.8 Å². The van der Waals surface area contributed by atoms with Gasteiger partial charge in [0.1, 0.15) is 6.04 Å². The molecule has 1 heterocycles. The average molecular weight is 227 g/mol. The molecule has 0 aromatic rings. The van der Waals surface area contributed by atoms with Gasteiger partial charge in [-0.2, -0.15) is 13.2 Å². The van der Waals surface area contributed by atoms with Crippen LogP contribution >= 0.6 is 0 Å². The lowest BCUT2D eigenvalue weighted by Gasteiger charge is -2.33. The fourth-order valence-corrected chi connectivity index (χ4v) is 1.41. The number of carbonyl (C=O) groups is 1. The van der Waals surface area contributed by atoms with Crippen LogP contribution in [0.2, 0.25) is 0 Å². The van der Waals surface area contributed by atoms with Crippen LogP contribution in [0.15, 0.2) is 0 Å². The van der Waals surface area contributed by atoms with Crippen molar-refractivity contribution in [2.24, 2.45) is 0 Å². The van der Waals surface area contributed by atoms with Crippen LogP contribution < -0.4 is 0 Å². The Morgan fingerprint density at radius 1 is 1.60 bits per heavy atom. The number of hydrogen-bond acceptors (Lipinski definition) is 4. The van der Waals surface area contributed by atoms with Crippen molar-refractivity contribution in [1.82, 2.24) is 4.90 Å². The first-order valence-electron chi connectivity index (χ1n) is 4.40. The summed E-state index contributed by atoms with van der Waals surface area (Å²) < 4.78 is 45.8. The smallest absolute Gasteiger partial charge is 0.401 e. The second-order valence-corrected chi connectivity index (χ2v) is 3.20. The molecule has 0 spiro atoms. The Balaban J connectivity index is 2.61. The summed E-state index contributed by atoms with van der Waals surface area (Å²) in [5.74, 6) is -0.695. The molecular weight excluding hydrogens is 215 g/mol. The highest BCUT2D eigenvalue weighted by Crippen LogP contribution is 2.19. The number of esters is 1. The molecular formula is C8H12F3NO3. The minimum Gasteiger partial charge on any atom is -0.468 e. The molecule has 0 saturated carbocycles. The van der Waals surface area contributed by atoms with Crippen LogP contribution in [0.1, 0.15) is 0 Å². The zero-order valence-corrected chi connectivity index (χ0v) is 8.21. The molecule has 1 aliphatic heterocycles. The number of hydrogen-bond donors (Lipinski definition) is 0. The minimum atomic E-state index is -4.32. The van der Waals surface area contributed by atoms with Crippen LogP contribution in [0.5, 0.6) is 0 Å². The lowest BCUT2D eigenvalue weighted by Crippen LogP contribution is -2.53. The SMILES string of the molecule is COC(=O)[C@@H]1COCCN1CC(F)(F)F. The Bertz CT molecular complexity index is 232. The van der Waals surface area contributed by atoms with Crippen molar-refractivity contribution in [3.63, 3.8) is 0 Å². The second kappa shape index (κ2) is 4.80. The average Bonchev–Trinajstić information content (AvgIpc) is 2.15. The van der Waals surface area contributed by atoms with Gasteiger partial charge < -0.3 is 9.47 Å². The number of halogens is 3. The van der Waals surface area contributed by atoms with E-state index in [1.54, 1.807) is 0 Å². The normalized spacial score (nSPS) is 23.9. The molecule has 0 radical (unpaired) electrons. The summed E-state index contributed by atoms with van der Waals surface area (Å²) in [5, 5.41) is 0. The van der Waals surface area contributed by atoms with Crippen molar-refractivity contribution < 1.29 is 27.4 Å². The van der Waals surface area contributed by atoms with E-state index in [9.17, 15) is 18.0 Å². The van der Waals surface area contributed by atoms with E-state index in [2.05, 4.69) is 4.74 Å². The third kappa shape index (κ3) is 3.67. The monoisotopic (exact) mass is 227 g/mol. The minimum absolute atomic E-state index is 0.0528. The standard InChI is InChI=1S/C8H12F3NO3/c1-14-7(13)6-4-15-3-2-12(6)5-8(9,10)11/h6H,2-5H2,1H3/t6-/m0/s1.